The van der Waals surface area contributed by atoms with Crippen LogP contribution in [-0.4, -0.2) is 9.97 Å². The topological polar surface area (TPSA) is 28.7 Å². The third kappa shape index (κ3) is 1.67. The number of aromatic nitrogens is 2. The number of halogens is 1. The molecule has 0 fully saturated rings. The second kappa shape index (κ2) is 3.24. The highest BCUT2D eigenvalue weighted by molar-refractivity contribution is 7.80. The van der Waals surface area contributed by atoms with Crippen LogP contribution >= 0.6 is 24.2 Å². The second-order valence-corrected chi connectivity index (χ2v) is 4.17. The predicted octanol–water partition coefficient (Wildman–Crippen LogP) is 3.21. The van der Waals surface area contributed by atoms with Crippen LogP contribution in [0.5, 0.6) is 0 Å². The van der Waals surface area contributed by atoms with Crippen LogP contribution in [0.15, 0.2) is 18.2 Å². The maximum absolute atomic E-state index is 5.84. The average Bonchev–Trinajstić information content (AvgIpc) is 2.46. The van der Waals surface area contributed by atoms with Gasteiger partial charge in [0, 0.05) is 5.02 Å². The number of nitrogens with one attached hydrogen (secondary N) is 1. The fourth-order valence-corrected chi connectivity index (χ4v) is 1.49. The van der Waals surface area contributed by atoms with Gasteiger partial charge in [-0.1, -0.05) is 11.6 Å². The van der Waals surface area contributed by atoms with E-state index >= 15 is 0 Å². The minimum absolute atomic E-state index is 0.117. The zero-order chi connectivity index (χ0) is 9.42. The van der Waals surface area contributed by atoms with Crippen LogP contribution in [0.25, 0.3) is 11.0 Å². The first-order valence-electron chi connectivity index (χ1n) is 4.00. The van der Waals surface area contributed by atoms with Crippen molar-refractivity contribution < 1.29 is 0 Å². The lowest BCUT2D eigenvalue weighted by molar-refractivity contribution is 0.981. The zero-order valence-electron chi connectivity index (χ0n) is 7.08. The molecule has 1 N–H and O–H groups in total. The number of nitrogens with zero attached hydrogens (tertiary/aromatic N) is 1. The van der Waals surface area contributed by atoms with Crippen LogP contribution in [0.4, 0.5) is 0 Å². The summed E-state index contributed by atoms with van der Waals surface area (Å²) in [5, 5.41) is 0.834. The lowest BCUT2D eigenvalue weighted by Gasteiger charge is -1.94. The molecule has 1 aromatic carbocycles. The molecule has 2 nitrogen and oxygen atoms in total. The SMILES string of the molecule is CC(S)c1nc2ccc(Cl)cc2[nH]1. The molecule has 4 heteroatoms. The number of rotatable bonds is 1. The molecular weight excluding hydrogens is 204 g/mol. The Labute approximate surface area is 86.7 Å². The molecule has 68 valence electrons. The van der Waals surface area contributed by atoms with Crippen LogP contribution in [0.1, 0.15) is 18.0 Å². The summed E-state index contributed by atoms with van der Waals surface area (Å²) in [6.45, 7) is 1.97. The molecule has 0 radical (unpaired) electrons. The van der Waals surface area contributed by atoms with Gasteiger partial charge >= 0.3 is 0 Å². The number of thiol groups is 1. The molecule has 1 heterocycles. The second-order valence-electron chi connectivity index (χ2n) is 2.96. The van der Waals surface area contributed by atoms with Crippen molar-refractivity contribution in [3.8, 4) is 0 Å². The fraction of sp³-hybridized carbons (Fsp3) is 0.222. The highest BCUT2D eigenvalue weighted by Crippen LogP contribution is 2.21. The molecule has 0 saturated heterocycles. The van der Waals surface area contributed by atoms with Crippen LogP contribution in [0, 0.1) is 0 Å². The molecule has 1 unspecified atom stereocenters. The van der Waals surface area contributed by atoms with E-state index in [1.165, 1.54) is 0 Å². The van der Waals surface area contributed by atoms with Crippen molar-refractivity contribution in [2.45, 2.75) is 12.2 Å². The van der Waals surface area contributed by atoms with Gasteiger partial charge in [0.05, 0.1) is 16.3 Å². The molecule has 0 spiro atoms. The molecule has 0 bridgehead atoms. The van der Waals surface area contributed by atoms with E-state index in [0.29, 0.717) is 0 Å². The number of hydrogen-bond donors (Lipinski definition) is 2. The maximum atomic E-state index is 5.84. The standard InChI is InChI=1S/C9H9ClN2S/c1-5(13)9-11-7-3-2-6(10)4-8(7)12-9/h2-5,13H,1H3,(H,11,12). The lowest BCUT2D eigenvalue weighted by Crippen LogP contribution is -1.85. The average molecular weight is 213 g/mol. The molecule has 0 aliphatic rings. The fourth-order valence-electron chi connectivity index (χ4n) is 1.20. The summed E-state index contributed by atoms with van der Waals surface area (Å²) in [5.74, 6) is 0.876. The van der Waals surface area contributed by atoms with Gasteiger partial charge in [-0.05, 0) is 25.1 Å². The Bertz CT molecular complexity index is 436. The molecule has 2 rings (SSSR count). The highest BCUT2D eigenvalue weighted by atomic mass is 35.5. The first-order valence-corrected chi connectivity index (χ1v) is 4.89. The number of hydrogen-bond acceptors (Lipinski definition) is 2. The van der Waals surface area contributed by atoms with Crippen LogP contribution in [0.2, 0.25) is 5.02 Å². The summed E-state index contributed by atoms with van der Waals surface area (Å²) in [4.78, 5) is 7.53. The zero-order valence-corrected chi connectivity index (χ0v) is 8.73. The van der Waals surface area contributed by atoms with Crippen molar-refractivity contribution in [1.29, 1.82) is 0 Å². The normalized spacial score (nSPS) is 13.5. The van der Waals surface area contributed by atoms with E-state index in [0.717, 1.165) is 21.9 Å². The van der Waals surface area contributed by atoms with E-state index in [9.17, 15) is 0 Å². The summed E-state index contributed by atoms with van der Waals surface area (Å²) in [7, 11) is 0. The highest BCUT2D eigenvalue weighted by Gasteiger charge is 2.06. The third-order valence-corrected chi connectivity index (χ3v) is 2.34. The van der Waals surface area contributed by atoms with Crippen molar-refractivity contribution in [3.05, 3.63) is 29.0 Å². The number of imidazole rings is 1. The van der Waals surface area contributed by atoms with Crippen LogP contribution < -0.4 is 0 Å². The van der Waals surface area contributed by atoms with Gasteiger partial charge in [-0.15, -0.1) is 0 Å². The summed E-state index contributed by atoms with van der Waals surface area (Å²) < 4.78 is 0. The Balaban J connectivity index is 2.62. The van der Waals surface area contributed by atoms with Gasteiger partial charge in [0.1, 0.15) is 5.82 Å². The van der Waals surface area contributed by atoms with Gasteiger partial charge in [0.25, 0.3) is 0 Å². The van der Waals surface area contributed by atoms with Crippen molar-refractivity contribution >= 4 is 35.3 Å². The van der Waals surface area contributed by atoms with Crippen molar-refractivity contribution in [2.24, 2.45) is 0 Å². The van der Waals surface area contributed by atoms with Gasteiger partial charge in [0.15, 0.2) is 0 Å². The number of fused-ring (bicyclic) bond motifs is 1. The van der Waals surface area contributed by atoms with E-state index in [4.69, 9.17) is 11.6 Å². The minimum Gasteiger partial charge on any atom is -0.341 e. The summed E-state index contributed by atoms with van der Waals surface area (Å²) in [6, 6.07) is 5.59. The van der Waals surface area contributed by atoms with Gasteiger partial charge in [-0.2, -0.15) is 12.6 Å². The quantitative estimate of drug-likeness (QED) is 0.699. The first-order chi connectivity index (χ1) is 6.16. The smallest absolute Gasteiger partial charge is 0.119 e. The molecule has 1 atom stereocenters. The Morgan fingerprint density at radius 3 is 3.00 bits per heavy atom. The lowest BCUT2D eigenvalue weighted by atomic mass is 10.3. The van der Waals surface area contributed by atoms with Gasteiger partial charge in [-0.25, -0.2) is 4.98 Å². The van der Waals surface area contributed by atoms with Crippen LogP contribution in [0.3, 0.4) is 0 Å². The maximum Gasteiger partial charge on any atom is 0.119 e. The number of H-pyrrole nitrogens is 1. The molecule has 2 aromatic rings. The molecular formula is C9H9ClN2S. The van der Waals surface area contributed by atoms with Crippen molar-refractivity contribution in [3.63, 3.8) is 0 Å². The Kier molecular flexibility index (Phi) is 2.22. The molecule has 0 aliphatic carbocycles. The number of aromatic amines is 1. The Hall–Kier alpha value is -0.670. The van der Waals surface area contributed by atoms with Crippen molar-refractivity contribution in [2.75, 3.05) is 0 Å². The molecule has 13 heavy (non-hydrogen) atoms. The van der Waals surface area contributed by atoms with Crippen LogP contribution in [-0.2, 0) is 0 Å². The van der Waals surface area contributed by atoms with Gasteiger partial charge < -0.3 is 4.98 Å². The number of benzene rings is 1. The van der Waals surface area contributed by atoms with Gasteiger partial charge in [-0.3, -0.25) is 0 Å². The van der Waals surface area contributed by atoms with E-state index in [2.05, 4.69) is 22.6 Å². The van der Waals surface area contributed by atoms with Crippen molar-refractivity contribution in [1.82, 2.24) is 9.97 Å². The Morgan fingerprint density at radius 1 is 1.54 bits per heavy atom. The summed E-state index contributed by atoms with van der Waals surface area (Å²) in [5.41, 5.74) is 1.89. The summed E-state index contributed by atoms with van der Waals surface area (Å²) >= 11 is 10.1. The predicted molar refractivity (Wildman–Crippen MR) is 58.5 cm³/mol. The Morgan fingerprint density at radius 2 is 2.31 bits per heavy atom. The monoisotopic (exact) mass is 212 g/mol. The van der Waals surface area contributed by atoms with E-state index in [1.54, 1.807) is 0 Å². The molecule has 0 saturated carbocycles. The molecule has 1 aromatic heterocycles. The summed E-state index contributed by atoms with van der Waals surface area (Å²) in [6.07, 6.45) is 0. The molecule has 0 aliphatic heterocycles. The van der Waals surface area contributed by atoms with Gasteiger partial charge in [0.2, 0.25) is 0 Å². The molecule has 0 amide bonds. The third-order valence-electron chi connectivity index (χ3n) is 1.86. The largest absolute Gasteiger partial charge is 0.341 e. The first kappa shape index (κ1) is 8.91. The van der Waals surface area contributed by atoms with E-state index < -0.39 is 0 Å². The minimum atomic E-state index is 0.117. The van der Waals surface area contributed by atoms with E-state index in [-0.39, 0.29) is 5.25 Å². The van der Waals surface area contributed by atoms with E-state index in [1.807, 2.05) is 25.1 Å².